The molecule has 0 saturated carbocycles. The van der Waals surface area contributed by atoms with Crippen molar-refractivity contribution in [2.75, 3.05) is 26.9 Å². The summed E-state index contributed by atoms with van der Waals surface area (Å²) in [5.74, 6) is -0.504. The van der Waals surface area contributed by atoms with Gasteiger partial charge in [-0.1, -0.05) is 12.1 Å². The molecule has 1 aromatic rings. The zero-order chi connectivity index (χ0) is 15.1. The van der Waals surface area contributed by atoms with E-state index in [1.807, 2.05) is 0 Å². The molecule has 0 spiro atoms. The lowest BCUT2D eigenvalue weighted by atomic mass is 10.2. The van der Waals surface area contributed by atoms with E-state index in [-0.39, 0.29) is 18.6 Å². The number of hydrogen-bond donors (Lipinski definition) is 1. The third-order valence-electron chi connectivity index (χ3n) is 3.21. The summed E-state index contributed by atoms with van der Waals surface area (Å²) in [7, 11) is 1.47. The van der Waals surface area contributed by atoms with Gasteiger partial charge in [0.2, 0.25) is 0 Å². The van der Waals surface area contributed by atoms with Crippen LogP contribution in [-0.4, -0.2) is 44.8 Å². The highest BCUT2D eigenvalue weighted by Gasteiger charge is 2.17. The number of methoxy groups -OCH3 is 1. The average molecular weight is 293 g/mol. The van der Waals surface area contributed by atoms with Crippen molar-refractivity contribution in [3.05, 3.63) is 29.8 Å². The molecule has 1 atom stereocenters. The normalized spacial score (nSPS) is 17.3. The van der Waals surface area contributed by atoms with E-state index in [1.54, 1.807) is 24.3 Å². The fourth-order valence-corrected chi connectivity index (χ4v) is 2.11. The second kappa shape index (κ2) is 7.64. The summed E-state index contributed by atoms with van der Waals surface area (Å²) < 4.78 is 15.4. The Morgan fingerprint density at radius 3 is 2.90 bits per heavy atom. The SMILES string of the molecule is COc1ccccc1C(=O)OCC(=O)NCC1CCCO1. The number of esters is 1. The van der Waals surface area contributed by atoms with Crippen LogP contribution in [0.2, 0.25) is 0 Å². The molecule has 1 aliphatic rings. The van der Waals surface area contributed by atoms with Crippen LogP contribution in [0.1, 0.15) is 23.2 Å². The van der Waals surface area contributed by atoms with Crippen molar-refractivity contribution in [2.24, 2.45) is 0 Å². The molecule has 1 fully saturated rings. The first kappa shape index (κ1) is 15.3. The number of carbonyl (C=O) groups excluding carboxylic acids is 2. The highest BCUT2D eigenvalue weighted by molar-refractivity contribution is 5.93. The molecule has 0 aromatic heterocycles. The largest absolute Gasteiger partial charge is 0.496 e. The summed E-state index contributed by atoms with van der Waals surface area (Å²) in [5.41, 5.74) is 0.298. The topological polar surface area (TPSA) is 73.9 Å². The van der Waals surface area contributed by atoms with Gasteiger partial charge in [0.1, 0.15) is 11.3 Å². The number of benzene rings is 1. The molecule has 2 rings (SSSR count). The minimum Gasteiger partial charge on any atom is -0.496 e. The smallest absolute Gasteiger partial charge is 0.342 e. The molecular weight excluding hydrogens is 274 g/mol. The molecule has 114 valence electrons. The Labute approximate surface area is 123 Å². The van der Waals surface area contributed by atoms with Crippen molar-refractivity contribution in [1.82, 2.24) is 5.32 Å². The van der Waals surface area contributed by atoms with E-state index in [1.165, 1.54) is 7.11 Å². The van der Waals surface area contributed by atoms with E-state index in [0.717, 1.165) is 19.4 Å². The molecule has 1 saturated heterocycles. The molecule has 1 aliphatic heterocycles. The molecule has 0 bridgehead atoms. The van der Waals surface area contributed by atoms with Crippen LogP contribution in [0.4, 0.5) is 0 Å². The highest BCUT2D eigenvalue weighted by Crippen LogP contribution is 2.18. The standard InChI is InChI=1S/C15H19NO5/c1-19-13-7-3-2-6-12(13)15(18)21-10-14(17)16-9-11-5-4-8-20-11/h2-3,6-7,11H,4-5,8-10H2,1H3,(H,16,17). The number of para-hydroxylation sites is 1. The molecule has 1 N–H and O–H groups in total. The van der Waals surface area contributed by atoms with Crippen molar-refractivity contribution < 1.29 is 23.8 Å². The van der Waals surface area contributed by atoms with Gasteiger partial charge in [0.15, 0.2) is 6.61 Å². The summed E-state index contributed by atoms with van der Waals surface area (Å²) in [6.07, 6.45) is 2.03. The average Bonchev–Trinajstić information content (AvgIpc) is 3.04. The van der Waals surface area contributed by atoms with Crippen LogP contribution in [0, 0.1) is 0 Å². The Bertz CT molecular complexity index is 497. The van der Waals surface area contributed by atoms with E-state index >= 15 is 0 Å². The molecule has 6 heteroatoms. The number of rotatable bonds is 6. The first-order valence-corrected chi connectivity index (χ1v) is 6.89. The van der Waals surface area contributed by atoms with Gasteiger partial charge in [-0.05, 0) is 25.0 Å². The third kappa shape index (κ3) is 4.46. The Balaban J connectivity index is 1.76. The maximum Gasteiger partial charge on any atom is 0.342 e. The van der Waals surface area contributed by atoms with Crippen LogP contribution in [0.5, 0.6) is 5.75 Å². The van der Waals surface area contributed by atoms with Crippen LogP contribution >= 0.6 is 0 Å². The van der Waals surface area contributed by atoms with Gasteiger partial charge in [-0.3, -0.25) is 4.79 Å². The Morgan fingerprint density at radius 1 is 1.38 bits per heavy atom. The number of nitrogens with one attached hydrogen (secondary N) is 1. The number of ether oxygens (including phenoxy) is 3. The predicted octanol–water partition coefficient (Wildman–Crippen LogP) is 1.15. The van der Waals surface area contributed by atoms with Gasteiger partial charge in [0.25, 0.3) is 5.91 Å². The quantitative estimate of drug-likeness (QED) is 0.796. The monoisotopic (exact) mass is 293 g/mol. The molecule has 6 nitrogen and oxygen atoms in total. The van der Waals surface area contributed by atoms with Crippen molar-refractivity contribution in [3.63, 3.8) is 0 Å². The summed E-state index contributed by atoms with van der Waals surface area (Å²) in [4.78, 5) is 23.5. The molecule has 0 radical (unpaired) electrons. The van der Waals surface area contributed by atoms with Crippen molar-refractivity contribution >= 4 is 11.9 Å². The minimum absolute atomic E-state index is 0.0684. The van der Waals surface area contributed by atoms with Crippen LogP contribution < -0.4 is 10.1 Å². The lowest BCUT2D eigenvalue weighted by molar-refractivity contribution is -0.124. The third-order valence-corrected chi connectivity index (χ3v) is 3.21. The van der Waals surface area contributed by atoms with Crippen LogP contribution in [-0.2, 0) is 14.3 Å². The molecule has 1 heterocycles. The van der Waals surface area contributed by atoms with Crippen LogP contribution in [0.15, 0.2) is 24.3 Å². The van der Waals surface area contributed by atoms with Crippen molar-refractivity contribution in [1.29, 1.82) is 0 Å². The van der Waals surface area contributed by atoms with Gasteiger partial charge in [-0.2, -0.15) is 0 Å². The first-order valence-electron chi connectivity index (χ1n) is 6.89. The van der Waals surface area contributed by atoms with Gasteiger partial charge in [-0.15, -0.1) is 0 Å². The van der Waals surface area contributed by atoms with Gasteiger partial charge in [-0.25, -0.2) is 4.79 Å². The molecule has 0 aliphatic carbocycles. The second-order valence-electron chi connectivity index (χ2n) is 4.72. The molecule has 21 heavy (non-hydrogen) atoms. The lowest BCUT2D eigenvalue weighted by Gasteiger charge is -2.11. The summed E-state index contributed by atoms with van der Waals surface area (Å²) in [6.45, 7) is 0.873. The van der Waals surface area contributed by atoms with Gasteiger partial charge < -0.3 is 19.5 Å². The zero-order valence-electron chi connectivity index (χ0n) is 12.0. The fourth-order valence-electron chi connectivity index (χ4n) is 2.11. The lowest BCUT2D eigenvalue weighted by Crippen LogP contribution is -2.34. The van der Waals surface area contributed by atoms with E-state index in [2.05, 4.69) is 5.32 Å². The van der Waals surface area contributed by atoms with E-state index in [4.69, 9.17) is 14.2 Å². The zero-order valence-corrected chi connectivity index (χ0v) is 12.0. The Hall–Kier alpha value is -2.08. The second-order valence-corrected chi connectivity index (χ2v) is 4.72. The van der Waals surface area contributed by atoms with Crippen molar-refractivity contribution in [3.8, 4) is 5.75 Å². The van der Waals surface area contributed by atoms with Gasteiger partial charge in [0, 0.05) is 13.2 Å². The minimum atomic E-state index is -0.584. The highest BCUT2D eigenvalue weighted by atomic mass is 16.5. The first-order chi connectivity index (χ1) is 10.2. The maximum absolute atomic E-state index is 11.9. The van der Waals surface area contributed by atoms with Crippen molar-refractivity contribution in [2.45, 2.75) is 18.9 Å². The molecule has 1 amide bonds. The van der Waals surface area contributed by atoms with Gasteiger partial charge >= 0.3 is 5.97 Å². The number of amides is 1. The van der Waals surface area contributed by atoms with Gasteiger partial charge in [0.05, 0.1) is 13.2 Å². The maximum atomic E-state index is 11.9. The van der Waals surface area contributed by atoms with Crippen LogP contribution in [0.3, 0.4) is 0 Å². The molecule has 1 aromatic carbocycles. The predicted molar refractivity (Wildman–Crippen MR) is 75.3 cm³/mol. The van der Waals surface area contributed by atoms with Crippen LogP contribution in [0.25, 0.3) is 0 Å². The summed E-state index contributed by atoms with van der Waals surface area (Å²) in [5, 5.41) is 2.69. The summed E-state index contributed by atoms with van der Waals surface area (Å²) >= 11 is 0. The van der Waals surface area contributed by atoms with E-state index < -0.39 is 5.97 Å². The van der Waals surface area contributed by atoms with E-state index in [9.17, 15) is 9.59 Å². The number of carbonyl (C=O) groups is 2. The fraction of sp³-hybridized carbons (Fsp3) is 0.467. The molecular formula is C15H19NO5. The summed E-state index contributed by atoms with van der Waals surface area (Å²) in [6, 6.07) is 6.71. The Kier molecular flexibility index (Phi) is 5.57. The number of hydrogen-bond acceptors (Lipinski definition) is 5. The molecule has 1 unspecified atom stereocenters. The Morgan fingerprint density at radius 2 is 2.19 bits per heavy atom. The van der Waals surface area contributed by atoms with E-state index in [0.29, 0.717) is 17.9 Å².